The third-order valence-corrected chi connectivity index (χ3v) is 21.3. The summed E-state index contributed by atoms with van der Waals surface area (Å²) in [5, 5.41) is 16.2. The first-order chi connectivity index (χ1) is 23.1. The lowest BCUT2D eigenvalue weighted by atomic mass is 10.1. The molecule has 0 aliphatic carbocycles. The number of rotatable bonds is 11. The van der Waals surface area contributed by atoms with Gasteiger partial charge in [0.2, 0.25) is 0 Å². The van der Waals surface area contributed by atoms with E-state index in [1.165, 1.54) is 18.5 Å². The molecule has 4 heterocycles. The maximum Gasteiger partial charge on any atom is 0.269 e. The van der Waals surface area contributed by atoms with Crippen LogP contribution in [0.25, 0.3) is 22.4 Å². The Bertz CT molecular complexity index is 1850. The molecule has 3 aromatic heterocycles. The van der Waals surface area contributed by atoms with E-state index in [9.17, 15) is 10.1 Å². The molecule has 2 N–H and O–H groups in total. The molecular formula is C34H49IN6O6SSi2. The molecule has 4 atom stereocenters. The number of nitrogens with two attached hydrogens (primary N) is 1. The second kappa shape index (κ2) is 14.2. The SMILES string of the molecule is Cc1noc(-c2ccc([N+](=O)[O-])cc2)c1CSC[C@H]1O[C@@H](n2cc(I)c3c(N)ncnc32)[C@H](O[Si](C)(C)C(C)(C)C)[C@@H]1O[Si](C)(C)C(C)(C)C. The molecule has 0 amide bonds. The highest BCUT2D eigenvalue weighted by molar-refractivity contribution is 14.1. The van der Waals surface area contributed by atoms with Crippen molar-refractivity contribution >= 4 is 73.5 Å². The van der Waals surface area contributed by atoms with Crippen molar-refractivity contribution < 1.29 is 23.0 Å². The first kappa shape index (κ1) is 38.9. The van der Waals surface area contributed by atoms with Gasteiger partial charge in [0, 0.05) is 44.5 Å². The van der Waals surface area contributed by atoms with Gasteiger partial charge in [-0.05, 0) is 77.9 Å². The molecule has 1 fully saturated rings. The third-order valence-electron chi connectivity index (χ3n) is 10.5. The predicted octanol–water partition coefficient (Wildman–Crippen LogP) is 9.10. The van der Waals surface area contributed by atoms with Crippen LogP contribution in [0.1, 0.15) is 59.0 Å². The molecule has 0 saturated carbocycles. The minimum absolute atomic E-state index is 0.0235. The van der Waals surface area contributed by atoms with E-state index >= 15 is 0 Å². The number of fused-ring (bicyclic) bond motifs is 1. The topological polar surface area (TPSA) is 154 Å². The molecule has 1 aromatic carbocycles. The molecule has 12 nitrogen and oxygen atoms in total. The first-order valence-corrected chi connectivity index (χ1v) is 24.7. The Morgan fingerprint density at radius 1 is 1.02 bits per heavy atom. The number of halogens is 1. The van der Waals surface area contributed by atoms with Crippen molar-refractivity contribution in [2.45, 2.75) is 115 Å². The lowest BCUT2D eigenvalue weighted by molar-refractivity contribution is -0.384. The zero-order valence-electron chi connectivity index (χ0n) is 30.7. The summed E-state index contributed by atoms with van der Waals surface area (Å²) in [5.74, 6) is 2.24. The minimum Gasteiger partial charge on any atom is -0.408 e. The Morgan fingerprint density at radius 3 is 2.20 bits per heavy atom. The van der Waals surface area contributed by atoms with E-state index in [-0.39, 0.29) is 28.0 Å². The van der Waals surface area contributed by atoms with Gasteiger partial charge in [-0.15, -0.1) is 0 Å². The summed E-state index contributed by atoms with van der Waals surface area (Å²) in [4.78, 5) is 19.7. The number of aryl methyl sites for hydroxylation is 1. The Morgan fingerprint density at radius 2 is 1.62 bits per heavy atom. The Labute approximate surface area is 314 Å². The maximum atomic E-state index is 11.2. The van der Waals surface area contributed by atoms with Crippen LogP contribution in [-0.4, -0.2) is 65.3 Å². The van der Waals surface area contributed by atoms with Gasteiger partial charge in [0.05, 0.1) is 22.1 Å². The number of thioether (sulfide) groups is 1. The zero-order chi connectivity index (χ0) is 37.0. The summed E-state index contributed by atoms with van der Waals surface area (Å²) < 4.78 is 30.4. The fraction of sp³-hybridized carbons (Fsp3) is 0.559. The van der Waals surface area contributed by atoms with Gasteiger partial charge >= 0.3 is 0 Å². The molecule has 16 heteroatoms. The van der Waals surface area contributed by atoms with Crippen LogP contribution in [0.2, 0.25) is 36.3 Å². The average Bonchev–Trinajstić information content (AvgIpc) is 3.65. The van der Waals surface area contributed by atoms with Crippen molar-refractivity contribution in [3.63, 3.8) is 0 Å². The standard InChI is InChI=1S/C34H49IN6O6SSi2/c1-20-23(27(45-39-20)21-12-14-22(15-13-21)41(42)43)17-48-18-25-28(46-49(8,9)33(2,3)4)29(47-50(10,11)34(5,6)7)32(44-25)40-16-24(35)26-30(36)37-19-38-31(26)40/h12-16,19,25,28-29,32H,17-18H2,1-11H3,(H2,36,37,38)/t25-,28-,29-,32-/m1/s1. The van der Waals surface area contributed by atoms with E-state index in [4.69, 9.17) is 23.8 Å². The number of nitro groups is 1. The minimum atomic E-state index is -2.33. The van der Waals surface area contributed by atoms with Crippen molar-refractivity contribution in [3.8, 4) is 11.3 Å². The average molecular weight is 853 g/mol. The maximum absolute atomic E-state index is 11.2. The molecule has 50 heavy (non-hydrogen) atoms. The Balaban J connectivity index is 1.52. The van der Waals surface area contributed by atoms with E-state index in [0.717, 1.165) is 25.8 Å². The zero-order valence-corrected chi connectivity index (χ0v) is 35.7. The fourth-order valence-electron chi connectivity index (χ4n) is 5.42. The monoisotopic (exact) mass is 852 g/mol. The molecule has 1 aliphatic heterocycles. The van der Waals surface area contributed by atoms with Crippen LogP contribution in [0.4, 0.5) is 11.5 Å². The third kappa shape index (κ3) is 7.71. The lowest BCUT2D eigenvalue weighted by Gasteiger charge is -2.44. The van der Waals surface area contributed by atoms with Crippen molar-refractivity contribution in [2.75, 3.05) is 11.5 Å². The predicted molar refractivity (Wildman–Crippen MR) is 212 cm³/mol. The highest BCUT2D eigenvalue weighted by Crippen LogP contribution is 2.47. The number of non-ortho nitro benzene ring substituents is 1. The van der Waals surface area contributed by atoms with Crippen molar-refractivity contribution in [3.05, 3.63) is 61.7 Å². The van der Waals surface area contributed by atoms with Crippen LogP contribution in [0.15, 0.2) is 41.3 Å². The molecule has 4 aromatic rings. The molecule has 1 saturated heterocycles. The largest absolute Gasteiger partial charge is 0.408 e. The molecule has 0 unspecified atom stereocenters. The number of nitrogen functional groups attached to an aromatic ring is 1. The van der Waals surface area contributed by atoms with Gasteiger partial charge < -0.3 is 28.4 Å². The molecular weight excluding hydrogens is 804 g/mol. The number of nitro benzene ring substituents is 1. The number of anilines is 1. The smallest absolute Gasteiger partial charge is 0.269 e. The number of hydrogen-bond acceptors (Lipinski definition) is 11. The van der Waals surface area contributed by atoms with Gasteiger partial charge in [-0.3, -0.25) is 10.1 Å². The van der Waals surface area contributed by atoms with Crippen LogP contribution < -0.4 is 5.73 Å². The molecule has 0 bridgehead atoms. The normalized spacial score (nSPS) is 20.6. The van der Waals surface area contributed by atoms with E-state index in [1.54, 1.807) is 23.9 Å². The highest BCUT2D eigenvalue weighted by atomic mass is 127. The number of benzene rings is 1. The van der Waals surface area contributed by atoms with Crippen LogP contribution in [0.5, 0.6) is 0 Å². The van der Waals surface area contributed by atoms with E-state index in [0.29, 0.717) is 28.7 Å². The number of ether oxygens (including phenoxy) is 1. The second-order valence-corrected chi connectivity index (χ2v) is 27.7. The quantitative estimate of drug-likeness (QED) is 0.0665. The summed E-state index contributed by atoms with van der Waals surface area (Å²) in [6, 6.07) is 6.35. The summed E-state index contributed by atoms with van der Waals surface area (Å²) in [6.45, 7) is 24.5. The molecule has 0 radical (unpaired) electrons. The van der Waals surface area contributed by atoms with E-state index in [2.05, 4.69) is 110 Å². The number of aromatic nitrogens is 4. The first-order valence-electron chi connectivity index (χ1n) is 16.7. The van der Waals surface area contributed by atoms with Gasteiger partial charge in [-0.1, -0.05) is 46.7 Å². The summed E-state index contributed by atoms with van der Waals surface area (Å²) in [5.41, 5.74) is 9.52. The lowest BCUT2D eigenvalue weighted by Crippen LogP contribution is -2.53. The van der Waals surface area contributed by atoms with Gasteiger partial charge in [0.25, 0.3) is 5.69 Å². The van der Waals surface area contributed by atoms with Gasteiger partial charge in [-0.25, -0.2) is 9.97 Å². The van der Waals surface area contributed by atoms with Crippen LogP contribution in [-0.2, 0) is 19.3 Å². The van der Waals surface area contributed by atoms with Crippen molar-refractivity contribution in [2.24, 2.45) is 0 Å². The summed E-state index contributed by atoms with van der Waals surface area (Å²) in [7, 11) is -4.65. The summed E-state index contributed by atoms with van der Waals surface area (Å²) >= 11 is 3.99. The molecule has 0 spiro atoms. The fourth-order valence-corrected chi connectivity index (χ4v) is 10.0. The summed E-state index contributed by atoms with van der Waals surface area (Å²) in [6.07, 6.45) is 1.92. The van der Waals surface area contributed by atoms with Crippen LogP contribution in [0.3, 0.4) is 0 Å². The highest BCUT2D eigenvalue weighted by Gasteiger charge is 2.54. The Hall–Kier alpha value is -2.36. The molecule has 272 valence electrons. The van der Waals surface area contributed by atoms with Crippen LogP contribution in [0, 0.1) is 20.6 Å². The van der Waals surface area contributed by atoms with Gasteiger partial charge in [-0.2, -0.15) is 11.8 Å². The van der Waals surface area contributed by atoms with Crippen LogP contribution >= 0.6 is 34.4 Å². The number of nitrogens with zero attached hydrogens (tertiary/aromatic N) is 5. The molecule has 1 aliphatic rings. The number of hydrogen-bond donors (Lipinski definition) is 1. The van der Waals surface area contributed by atoms with Crippen molar-refractivity contribution in [1.29, 1.82) is 0 Å². The van der Waals surface area contributed by atoms with E-state index < -0.39 is 33.9 Å². The Kier molecular flexibility index (Phi) is 11.1. The second-order valence-electron chi connectivity index (χ2n) is 16.0. The van der Waals surface area contributed by atoms with Crippen molar-refractivity contribution in [1.82, 2.24) is 19.7 Å². The molecule has 5 rings (SSSR count). The van der Waals surface area contributed by atoms with E-state index in [1.807, 2.05) is 13.1 Å². The van der Waals surface area contributed by atoms with Gasteiger partial charge in [0.15, 0.2) is 28.6 Å². The van der Waals surface area contributed by atoms with Gasteiger partial charge in [0.1, 0.15) is 30.0 Å².